The molecule has 0 atom stereocenters. The molecule has 1 aromatic heterocycles. The SMILES string of the molecule is O=C1c2ccccc2C(=O)N1CSc1nc(-c2ccccc2)cc(-c2ccccc2)n1. The lowest BCUT2D eigenvalue weighted by Crippen LogP contribution is -2.29. The molecule has 6 heteroatoms. The Morgan fingerprint density at radius 2 is 1.10 bits per heavy atom. The second-order valence-electron chi connectivity index (χ2n) is 7.01. The van der Waals surface area contributed by atoms with E-state index < -0.39 is 0 Å². The number of carbonyl (C=O) groups excluding carboxylic acids is 2. The lowest BCUT2D eigenvalue weighted by Gasteiger charge is -2.13. The van der Waals surface area contributed by atoms with E-state index in [1.54, 1.807) is 24.3 Å². The highest BCUT2D eigenvalue weighted by Gasteiger charge is 2.35. The van der Waals surface area contributed by atoms with Crippen LogP contribution in [0.2, 0.25) is 0 Å². The third-order valence-electron chi connectivity index (χ3n) is 5.05. The predicted octanol–water partition coefficient (Wildman–Crippen LogP) is 5.16. The molecule has 2 heterocycles. The highest BCUT2D eigenvalue weighted by molar-refractivity contribution is 7.99. The average molecular weight is 423 g/mol. The fourth-order valence-corrected chi connectivity index (χ4v) is 4.29. The molecule has 5 nitrogen and oxygen atoms in total. The van der Waals surface area contributed by atoms with Crippen LogP contribution in [0.15, 0.2) is 96.2 Å². The first-order chi connectivity index (χ1) is 15.2. The van der Waals surface area contributed by atoms with Crippen LogP contribution < -0.4 is 0 Å². The fraction of sp³-hybridized carbons (Fsp3) is 0.0400. The van der Waals surface area contributed by atoms with Crippen molar-refractivity contribution in [3.63, 3.8) is 0 Å². The number of fused-ring (bicyclic) bond motifs is 1. The van der Waals surface area contributed by atoms with Gasteiger partial charge in [-0.15, -0.1) is 0 Å². The summed E-state index contributed by atoms with van der Waals surface area (Å²) < 4.78 is 0. The maximum absolute atomic E-state index is 12.7. The van der Waals surface area contributed by atoms with Crippen molar-refractivity contribution in [3.8, 4) is 22.5 Å². The summed E-state index contributed by atoms with van der Waals surface area (Å²) in [7, 11) is 0. The van der Waals surface area contributed by atoms with Crippen LogP contribution in [0, 0.1) is 0 Å². The van der Waals surface area contributed by atoms with Crippen LogP contribution in [0.5, 0.6) is 0 Å². The van der Waals surface area contributed by atoms with Crippen molar-refractivity contribution in [2.24, 2.45) is 0 Å². The van der Waals surface area contributed by atoms with E-state index in [0.29, 0.717) is 16.3 Å². The molecule has 150 valence electrons. The Morgan fingerprint density at radius 3 is 1.58 bits per heavy atom. The van der Waals surface area contributed by atoms with E-state index in [9.17, 15) is 9.59 Å². The summed E-state index contributed by atoms with van der Waals surface area (Å²) >= 11 is 1.28. The quantitative estimate of drug-likeness (QED) is 0.252. The van der Waals surface area contributed by atoms with Gasteiger partial charge in [-0.25, -0.2) is 9.97 Å². The van der Waals surface area contributed by atoms with Crippen LogP contribution in [0.4, 0.5) is 0 Å². The van der Waals surface area contributed by atoms with Gasteiger partial charge in [-0.05, 0) is 18.2 Å². The maximum atomic E-state index is 12.7. The zero-order valence-electron chi connectivity index (χ0n) is 16.4. The first-order valence-corrected chi connectivity index (χ1v) is 10.8. The lowest BCUT2D eigenvalue weighted by atomic mass is 10.1. The maximum Gasteiger partial charge on any atom is 0.262 e. The van der Waals surface area contributed by atoms with Crippen molar-refractivity contribution in [2.45, 2.75) is 5.16 Å². The number of hydrogen-bond acceptors (Lipinski definition) is 5. The van der Waals surface area contributed by atoms with Gasteiger partial charge in [-0.3, -0.25) is 14.5 Å². The topological polar surface area (TPSA) is 63.2 Å². The Bertz CT molecular complexity index is 1180. The number of amides is 2. The van der Waals surface area contributed by atoms with E-state index >= 15 is 0 Å². The van der Waals surface area contributed by atoms with E-state index in [1.165, 1.54) is 16.7 Å². The molecule has 0 unspecified atom stereocenters. The summed E-state index contributed by atoms with van der Waals surface area (Å²) in [5.74, 6) is -0.412. The van der Waals surface area contributed by atoms with Gasteiger partial charge in [-0.1, -0.05) is 84.6 Å². The van der Waals surface area contributed by atoms with Gasteiger partial charge in [0.05, 0.1) is 28.4 Å². The van der Waals surface area contributed by atoms with Gasteiger partial charge in [0.15, 0.2) is 5.16 Å². The molecule has 5 rings (SSSR count). The van der Waals surface area contributed by atoms with Crippen molar-refractivity contribution in [3.05, 3.63) is 102 Å². The molecule has 31 heavy (non-hydrogen) atoms. The van der Waals surface area contributed by atoms with Crippen LogP contribution in [0.1, 0.15) is 20.7 Å². The fourth-order valence-electron chi connectivity index (χ4n) is 3.48. The predicted molar refractivity (Wildman–Crippen MR) is 121 cm³/mol. The molecule has 1 aliphatic heterocycles. The zero-order chi connectivity index (χ0) is 21.2. The Labute approximate surface area is 183 Å². The molecule has 2 amide bonds. The molecule has 0 spiro atoms. The number of aromatic nitrogens is 2. The van der Waals surface area contributed by atoms with Crippen LogP contribution in [0.25, 0.3) is 22.5 Å². The van der Waals surface area contributed by atoms with E-state index in [1.807, 2.05) is 66.7 Å². The molecule has 0 bridgehead atoms. The van der Waals surface area contributed by atoms with E-state index in [0.717, 1.165) is 22.5 Å². The standard InChI is InChI=1S/C25H17N3O2S/c29-23-19-13-7-8-14-20(19)24(30)28(23)16-31-25-26-21(17-9-3-1-4-10-17)15-22(27-25)18-11-5-2-6-12-18/h1-15H,16H2. The third-order valence-corrected chi connectivity index (χ3v) is 5.87. The number of carbonyl (C=O) groups is 2. The number of benzene rings is 3. The number of imide groups is 1. The number of hydrogen-bond donors (Lipinski definition) is 0. The highest BCUT2D eigenvalue weighted by atomic mass is 32.2. The molecule has 0 aliphatic carbocycles. The first-order valence-electron chi connectivity index (χ1n) is 9.78. The van der Waals surface area contributed by atoms with Gasteiger partial charge in [0, 0.05) is 11.1 Å². The lowest BCUT2D eigenvalue weighted by molar-refractivity contribution is 0.0684. The van der Waals surface area contributed by atoms with Gasteiger partial charge in [0.1, 0.15) is 0 Å². The van der Waals surface area contributed by atoms with Crippen LogP contribution in [-0.2, 0) is 0 Å². The number of rotatable bonds is 5. The van der Waals surface area contributed by atoms with E-state index in [4.69, 9.17) is 9.97 Å². The largest absolute Gasteiger partial charge is 0.269 e. The van der Waals surface area contributed by atoms with Crippen LogP contribution in [-0.4, -0.2) is 32.6 Å². The van der Waals surface area contributed by atoms with Gasteiger partial charge >= 0.3 is 0 Å². The first kappa shape index (κ1) is 19.2. The van der Waals surface area contributed by atoms with Crippen molar-refractivity contribution in [1.29, 1.82) is 0 Å². The van der Waals surface area contributed by atoms with E-state index in [2.05, 4.69) is 0 Å². The molecule has 0 radical (unpaired) electrons. The minimum atomic E-state index is -0.282. The summed E-state index contributed by atoms with van der Waals surface area (Å²) in [6.45, 7) is 0. The molecule has 0 saturated carbocycles. The second-order valence-corrected chi connectivity index (χ2v) is 7.92. The summed E-state index contributed by atoms with van der Waals surface area (Å²) in [6, 6.07) is 28.6. The molecule has 1 aliphatic rings. The van der Waals surface area contributed by atoms with Gasteiger partial charge in [-0.2, -0.15) is 0 Å². The highest BCUT2D eigenvalue weighted by Crippen LogP contribution is 2.29. The Morgan fingerprint density at radius 1 is 0.645 bits per heavy atom. The molecule has 0 N–H and O–H groups in total. The average Bonchev–Trinajstić information content (AvgIpc) is 3.08. The number of thioether (sulfide) groups is 1. The Kier molecular flexibility index (Phi) is 5.06. The van der Waals surface area contributed by atoms with E-state index in [-0.39, 0.29) is 17.7 Å². The Balaban J connectivity index is 1.47. The molecular formula is C25H17N3O2S. The van der Waals surface area contributed by atoms with Crippen LogP contribution >= 0.6 is 11.8 Å². The number of nitrogens with zero attached hydrogens (tertiary/aromatic N) is 3. The van der Waals surface area contributed by atoms with Gasteiger partial charge in [0.25, 0.3) is 11.8 Å². The van der Waals surface area contributed by atoms with Crippen molar-refractivity contribution < 1.29 is 9.59 Å². The molecular weight excluding hydrogens is 406 g/mol. The zero-order valence-corrected chi connectivity index (χ0v) is 17.3. The van der Waals surface area contributed by atoms with Gasteiger partial charge < -0.3 is 0 Å². The van der Waals surface area contributed by atoms with Gasteiger partial charge in [0.2, 0.25) is 0 Å². The third kappa shape index (κ3) is 3.73. The molecule has 0 saturated heterocycles. The second kappa shape index (κ2) is 8.16. The van der Waals surface area contributed by atoms with Crippen molar-refractivity contribution >= 4 is 23.6 Å². The Hall–Kier alpha value is -3.77. The monoisotopic (exact) mass is 423 g/mol. The summed E-state index contributed by atoms with van der Waals surface area (Å²) in [5.41, 5.74) is 4.42. The summed E-state index contributed by atoms with van der Waals surface area (Å²) in [6.07, 6.45) is 0. The minimum Gasteiger partial charge on any atom is -0.269 e. The minimum absolute atomic E-state index is 0.152. The van der Waals surface area contributed by atoms with Crippen LogP contribution in [0.3, 0.4) is 0 Å². The summed E-state index contributed by atoms with van der Waals surface area (Å²) in [4.78, 5) is 35.9. The molecule has 3 aromatic carbocycles. The molecule has 0 fully saturated rings. The molecule has 4 aromatic rings. The smallest absolute Gasteiger partial charge is 0.262 e. The van der Waals surface area contributed by atoms with Crippen molar-refractivity contribution in [2.75, 3.05) is 5.88 Å². The normalized spacial score (nSPS) is 12.8. The van der Waals surface area contributed by atoms with Crippen molar-refractivity contribution in [1.82, 2.24) is 14.9 Å². The summed E-state index contributed by atoms with van der Waals surface area (Å²) in [5, 5.41) is 0.511.